The Morgan fingerprint density at radius 1 is 1.09 bits per heavy atom. The molecule has 0 bridgehead atoms. The van der Waals surface area contributed by atoms with Gasteiger partial charge in [0.1, 0.15) is 17.9 Å². The molecule has 0 saturated carbocycles. The van der Waals surface area contributed by atoms with Gasteiger partial charge in [0.2, 0.25) is 5.91 Å². The standard InChI is InChI=1S/C24H26N4O5/c1-3-32-21-13-18-17(12-19(21)27-22(30)10-11-23(31)33-4-2)24(26-15-25-18)28-20(14-29)16-8-6-5-7-9-16/h5-13,15,20,29H,3-4,14H2,1-2H3,(H,27,30)(H,25,26,28)/b11-10+/t20-/m1/s1. The van der Waals surface area contributed by atoms with Crippen LogP contribution in [0, 0.1) is 0 Å². The van der Waals surface area contributed by atoms with Crippen LogP contribution in [-0.2, 0) is 14.3 Å². The van der Waals surface area contributed by atoms with Gasteiger partial charge in [-0.05, 0) is 25.5 Å². The van der Waals surface area contributed by atoms with Crippen LogP contribution in [0.3, 0.4) is 0 Å². The monoisotopic (exact) mass is 450 g/mol. The van der Waals surface area contributed by atoms with E-state index in [-0.39, 0.29) is 19.3 Å². The highest BCUT2D eigenvalue weighted by molar-refractivity contribution is 6.05. The first-order valence-corrected chi connectivity index (χ1v) is 10.5. The number of benzene rings is 2. The van der Waals surface area contributed by atoms with Crippen LogP contribution in [0.1, 0.15) is 25.5 Å². The Hall–Kier alpha value is -3.98. The minimum atomic E-state index is -0.605. The molecule has 3 N–H and O–H groups in total. The molecule has 9 nitrogen and oxygen atoms in total. The minimum Gasteiger partial charge on any atom is -0.492 e. The number of ether oxygens (including phenoxy) is 2. The molecular weight excluding hydrogens is 424 g/mol. The summed E-state index contributed by atoms with van der Waals surface area (Å²) < 4.78 is 10.5. The summed E-state index contributed by atoms with van der Waals surface area (Å²) in [7, 11) is 0. The molecule has 1 atom stereocenters. The summed E-state index contributed by atoms with van der Waals surface area (Å²) in [5.41, 5.74) is 1.89. The van der Waals surface area contributed by atoms with Crippen molar-refractivity contribution in [2.24, 2.45) is 0 Å². The first-order chi connectivity index (χ1) is 16.0. The van der Waals surface area contributed by atoms with Crippen molar-refractivity contribution in [3.8, 4) is 5.75 Å². The first-order valence-electron chi connectivity index (χ1n) is 10.5. The number of fused-ring (bicyclic) bond motifs is 1. The second-order valence-electron chi connectivity index (χ2n) is 6.89. The Morgan fingerprint density at radius 2 is 1.88 bits per heavy atom. The van der Waals surface area contributed by atoms with Gasteiger partial charge in [0, 0.05) is 23.6 Å². The predicted molar refractivity (Wildman–Crippen MR) is 125 cm³/mol. The van der Waals surface area contributed by atoms with E-state index in [0.717, 1.165) is 17.7 Å². The van der Waals surface area contributed by atoms with Crippen molar-refractivity contribution < 1.29 is 24.2 Å². The van der Waals surface area contributed by atoms with Crippen molar-refractivity contribution in [3.05, 3.63) is 66.5 Å². The van der Waals surface area contributed by atoms with Gasteiger partial charge in [0.05, 0.1) is 37.1 Å². The molecule has 0 aliphatic carbocycles. The summed E-state index contributed by atoms with van der Waals surface area (Å²) >= 11 is 0. The number of anilines is 2. The number of aliphatic hydroxyl groups excluding tert-OH is 1. The third-order valence-electron chi connectivity index (χ3n) is 4.65. The molecule has 2 aromatic carbocycles. The Balaban J connectivity index is 1.94. The first kappa shape index (κ1) is 23.7. The maximum Gasteiger partial charge on any atom is 0.330 e. The summed E-state index contributed by atoms with van der Waals surface area (Å²) in [5, 5.41) is 16.5. The summed E-state index contributed by atoms with van der Waals surface area (Å²) in [6, 6.07) is 12.5. The fourth-order valence-electron chi connectivity index (χ4n) is 3.16. The van der Waals surface area contributed by atoms with E-state index < -0.39 is 11.9 Å². The number of carbonyl (C=O) groups excluding carboxylic acids is 2. The topological polar surface area (TPSA) is 123 Å². The van der Waals surface area contributed by atoms with Crippen molar-refractivity contribution in [1.82, 2.24) is 9.97 Å². The lowest BCUT2D eigenvalue weighted by Crippen LogP contribution is -2.16. The van der Waals surface area contributed by atoms with E-state index in [4.69, 9.17) is 9.47 Å². The van der Waals surface area contributed by atoms with E-state index in [0.29, 0.717) is 34.8 Å². The number of aromatic nitrogens is 2. The van der Waals surface area contributed by atoms with E-state index in [1.54, 1.807) is 19.1 Å². The van der Waals surface area contributed by atoms with E-state index in [1.165, 1.54) is 6.33 Å². The number of hydrogen-bond donors (Lipinski definition) is 3. The van der Waals surface area contributed by atoms with Crippen molar-refractivity contribution in [3.63, 3.8) is 0 Å². The van der Waals surface area contributed by atoms with Gasteiger partial charge >= 0.3 is 5.97 Å². The molecule has 172 valence electrons. The SMILES string of the molecule is CCOC(=O)/C=C/C(=O)Nc1cc2c(N[C@H](CO)c3ccccc3)ncnc2cc1OCC. The molecule has 1 amide bonds. The second kappa shape index (κ2) is 11.6. The molecule has 3 aromatic rings. The van der Waals surface area contributed by atoms with E-state index in [9.17, 15) is 14.7 Å². The number of aliphatic hydroxyl groups is 1. The van der Waals surface area contributed by atoms with Gasteiger partial charge < -0.3 is 25.2 Å². The Labute approximate surface area is 191 Å². The number of esters is 1. The van der Waals surface area contributed by atoms with Gasteiger partial charge in [-0.1, -0.05) is 30.3 Å². The minimum absolute atomic E-state index is 0.144. The maximum atomic E-state index is 12.4. The van der Waals surface area contributed by atoms with Crippen LogP contribution in [0.5, 0.6) is 5.75 Å². The largest absolute Gasteiger partial charge is 0.492 e. The second-order valence-corrected chi connectivity index (χ2v) is 6.89. The van der Waals surface area contributed by atoms with Crippen LogP contribution in [0.4, 0.5) is 11.5 Å². The molecule has 0 spiro atoms. The van der Waals surface area contributed by atoms with Gasteiger partial charge in [-0.3, -0.25) is 4.79 Å². The van der Waals surface area contributed by atoms with Crippen molar-refractivity contribution >= 4 is 34.3 Å². The summed E-state index contributed by atoms with van der Waals surface area (Å²) in [4.78, 5) is 32.5. The highest BCUT2D eigenvalue weighted by atomic mass is 16.5. The number of hydrogen-bond acceptors (Lipinski definition) is 8. The van der Waals surface area contributed by atoms with Crippen molar-refractivity contribution in [2.45, 2.75) is 19.9 Å². The van der Waals surface area contributed by atoms with Crippen LogP contribution in [0.15, 0.2) is 60.9 Å². The summed E-state index contributed by atoms with van der Waals surface area (Å²) in [5.74, 6) is -0.211. The summed E-state index contributed by atoms with van der Waals surface area (Å²) in [6.45, 7) is 3.97. The lowest BCUT2D eigenvalue weighted by molar-refractivity contribution is -0.137. The molecule has 9 heteroatoms. The zero-order chi connectivity index (χ0) is 23.6. The predicted octanol–water partition coefficient (Wildman–Crippen LogP) is 3.23. The van der Waals surface area contributed by atoms with Gasteiger partial charge in [-0.25, -0.2) is 14.8 Å². The quantitative estimate of drug-likeness (QED) is 0.318. The normalized spacial score (nSPS) is 11.8. The maximum absolute atomic E-state index is 12.4. The molecule has 0 aliphatic heterocycles. The van der Waals surface area contributed by atoms with Crippen LogP contribution in [0.2, 0.25) is 0 Å². The van der Waals surface area contributed by atoms with E-state index in [1.807, 2.05) is 37.3 Å². The molecule has 3 rings (SSSR count). The Bertz CT molecular complexity index is 1130. The molecule has 0 radical (unpaired) electrons. The van der Waals surface area contributed by atoms with Gasteiger partial charge in [-0.2, -0.15) is 0 Å². The van der Waals surface area contributed by atoms with Gasteiger partial charge in [-0.15, -0.1) is 0 Å². The highest BCUT2D eigenvalue weighted by Crippen LogP contribution is 2.33. The zero-order valence-corrected chi connectivity index (χ0v) is 18.4. The Kier molecular flexibility index (Phi) is 8.31. The molecule has 0 fully saturated rings. The lowest BCUT2D eigenvalue weighted by Gasteiger charge is -2.19. The molecule has 1 aromatic heterocycles. The fraction of sp³-hybridized carbons (Fsp3) is 0.250. The molecule has 33 heavy (non-hydrogen) atoms. The third kappa shape index (κ3) is 6.27. The van der Waals surface area contributed by atoms with Gasteiger partial charge in [0.15, 0.2) is 0 Å². The number of rotatable bonds is 10. The lowest BCUT2D eigenvalue weighted by atomic mass is 10.1. The highest BCUT2D eigenvalue weighted by Gasteiger charge is 2.16. The molecule has 0 aliphatic rings. The number of nitrogens with one attached hydrogen (secondary N) is 2. The van der Waals surface area contributed by atoms with E-state index >= 15 is 0 Å². The number of nitrogens with zero attached hydrogens (tertiary/aromatic N) is 2. The van der Waals surface area contributed by atoms with Crippen molar-refractivity contribution in [2.75, 3.05) is 30.5 Å². The number of carbonyl (C=O) groups is 2. The van der Waals surface area contributed by atoms with E-state index in [2.05, 4.69) is 20.6 Å². The Morgan fingerprint density at radius 3 is 2.58 bits per heavy atom. The van der Waals surface area contributed by atoms with Crippen molar-refractivity contribution in [1.29, 1.82) is 0 Å². The molecular formula is C24H26N4O5. The van der Waals surface area contributed by atoms with Crippen LogP contribution in [-0.4, -0.2) is 46.8 Å². The third-order valence-corrected chi connectivity index (χ3v) is 4.65. The summed E-state index contributed by atoms with van der Waals surface area (Å²) in [6.07, 6.45) is 3.57. The fourth-order valence-corrected chi connectivity index (χ4v) is 3.16. The van der Waals surface area contributed by atoms with Gasteiger partial charge in [0.25, 0.3) is 0 Å². The van der Waals surface area contributed by atoms with Crippen LogP contribution in [0.25, 0.3) is 10.9 Å². The smallest absolute Gasteiger partial charge is 0.330 e. The van der Waals surface area contributed by atoms with Crippen LogP contribution >= 0.6 is 0 Å². The molecule has 0 unspecified atom stereocenters. The number of amides is 1. The average molecular weight is 450 g/mol. The molecule has 1 heterocycles. The zero-order valence-electron chi connectivity index (χ0n) is 18.4. The molecule has 0 saturated heterocycles. The van der Waals surface area contributed by atoms with Crippen LogP contribution < -0.4 is 15.4 Å². The average Bonchev–Trinajstić information content (AvgIpc) is 2.82.